The monoisotopic (exact) mass is 449 g/mol. The van der Waals surface area contributed by atoms with Gasteiger partial charge in [-0.1, -0.05) is 6.07 Å². The van der Waals surface area contributed by atoms with Crippen LogP contribution in [-0.2, 0) is 26.1 Å². The number of ether oxygens (including phenoxy) is 1. The number of carbonyl (C=O) groups is 1. The van der Waals surface area contributed by atoms with Gasteiger partial charge in [0.1, 0.15) is 11.5 Å². The number of halogens is 1. The Hall–Kier alpha value is -2.72. The quantitative estimate of drug-likeness (QED) is 0.725. The second-order valence-corrected chi connectivity index (χ2v) is 9.67. The highest BCUT2D eigenvalue weighted by molar-refractivity contribution is 7.92. The molecule has 0 unspecified atom stereocenters. The van der Waals surface area contributed by atoms with Gasteiger partial charge in [-0.3, -0.25) is 14.3 Å². The van der Waals surface area contributed by atoms with Crippen molar-refractivity contribution in [1.29, 1.82) is 0 Å². The predicted molar refractivity (Wildman–Crippen MR) is 112 cm³/mol. The molecule has 10 heteroatoms. The van der Waals surface area contributed by atoms with Crippen molar-refractivity contribution in [3.63, 3.8) is 0 Å². The number of amides is 1. The SMILES string of the molecule is COCCC(=O)N1C[C@@H]2C[C@H](C1)c1ccc(NS(=O)(=O)c3cccc(F)c3)c(=O)n1C2. The minimum absolute atomic E-state index is 0.0144. The summed E-state index contributed by atoms with van der Waals surface area (Å²) in [4.78, 5) is 27.0. The Balaban J connectivity index is 1.58. The molecule has 1 N–H and O–H groups in total. The second-order valence-electron chi connectivity index (χ2n) is 7.99. The van der Waals surface area contributed by atoms with Crippen molar-refractivity contribution in [2.45, 2.75) is 30.2 Å². The molecule has 0 spiro atoms. The van der Waals surface area contributed by atoms with E-state index in [1.807, 2.05) is 4.90 Å². The summed E-state index contributed by atoms with van der Waals surface area (Å²) in [6.45, 7) is 1.86. The van der Waals surface area contributed by atoms with Crippen LogP contribution in [0.3, 0.4) is 0 Å². The minimum Gasteiger partial charge on any atom is -0.384 e. The first-order chi connectivity index (χ1) is 14.8. The maximum absolute atomic E-state index is 13.4. The molecule has 166 valence electrons. The number of methoxy groups -OCH3 is 1. The summed E-state index contributed by atoms with van der Waals surface area (Å²) in [7, 11) is -2.54. The predicted octanol–water partition coefficient (Wildman–Crippen LogP) is 1.77. The van der Waals surface area contributed by atoms with Gasteiger partial charge in [0, 0.05) is 38.4 Å². The van der Waals surface area contributed by atoms with E-state index < -0.39 is 21.4 Å². The van der Waals surface area contributed by atoms with Crippen LogP contribution in [0.15, 0.2) is 46.1 Å². The molecule has 1 aromatic heterocycles. The van der Waals surface area contributed by atoms with E-state index in [0.717, 1.165) is 24.2 Å². The number of aromatic nitrogens is 1. The molecule has 2 aromatic rings. The maximum atomic E-state index is 13.4. The molecule has 8 nitrogen and oxygen atoms in total. The number of nitrogens with one attached hydrogen (secondary N) is 1. The van der Waals surface area contributed by atoms with Gasteiger partial charge in [-0.05, 0) is 42.7 Å². The minimum atomic E-state index is -4.10. The fourth-order valence-electron chi connectivity index (χ4n) is 4.41. The van der Waals surface area contributed by atoms with Gasteiger partial charge in [-0.15, -0.1) is 0 Å². The third kappa shape index (κ3) is 4.35. The number of hydrogen-bond donors (Lipinski definition) is 1. The van der Waals surface area contributed by atoms with Crippen LogP contribution in [0.2, 0.25) is 0 Å². The molecule has 2 aliphatic heterocycles. The Kier molecular flexibility index (Phi) is 5.85. The summed E-state index contributed by atoms with van der Waals surface area (Å²) in [6, 6.07) is 7.78. The second kappa shape index (κ2) is 8.43. The van der Waals surface area contributed by atoms with Crippen LogP contribution in [0, 0.1) is 11.7 Å². The highest BCUT2D eigenvalue weighted by Crippen LogP contribution is 2.35. The van der Waals surface area contributed by atoms with E-state index in [9.17, 15) is 22.4 Å². The number of piperidine rings is 1. The van der Waals surface area contributed by atoms with Crippen molar-refractivity contribution in [3.05, 3.63) is 58.3 Å². The number of fused-ring (bicyclic) bond motifs is 4. The Bertz CT molecular complexity index is 1160. The highest BCUT2D eigenvalue weighted by atomic mass is 32.2. The molecule has 0 saturated carbocycles. The van der Waals surface area contributed by atoms with Gasteiger partial charge in [0.05, 0.1) is 17.9 Å². The molecule has 3 heterocycles. The summed E-state index contributed by atoms with van der Waals surface area (Å²) < 4.78 is 47.5. The van der Waals surface area contributed by atoms with Gasteiger partial charge in [0.15, 0.2) is 0 Å². The van der Waals surface area contributed by atoms with Gasteiger partial charge in [0.25, 0.3) is 15.6 Å². The molecule has 2 atom stereocenters. The third-order valence-electron chi connectivity index (χ3n) is 5.83. The van der Waals surface area contributed by atoms with Crippen LogP contribution in [0.5, 0.6) is 0 Å². The number of sulfonamides is 1. The average molecular weight is 450 g/mol. The third-order valence-corrected chi connectivity index (χ3v) is 7.19. The lowest BCUT2D eigenvalue weighted by Crippen LogP contribution is -2.49. The molecule has 1 saturated heterocycles. The maximum Gasteiger partial charge on any atom is 0.275 e. The van der Waals surface area contributed by atoms with Gasteiger partial charge in [-0.25, -0.2) is 12.8 Å². The molecule has 1 fully saturated rings. The summed E-state index contributed by atoms with van der Waals surface area (Å²) in [5.41, 5.74) is 0.270. The highest BCUT2D eigenvalue weighted by Gasteiger charge is 2.36. The first kappa shape index (κ1) is 21.5. The van der Waals surface area contributed by atoms with Crippen molar-refractivity contribution >= 4 is 21.6 Å². The Labute approximate surface area is 179 Å². The number of hydrogen-bond acceptors (Lipinski definition) is 5. The molecule has 4 rings (SSSR count). The normalized spacial score (nSPS) is 20.3. The molecular weight excluding hydrogens is 425 g/mol. The molecule has 2 bridgehead atoms. The van der Waals surface area contributed by atoms with Crippen LogP contribution >= 0.6 is 0 Å². The Morgan fingerprint density at radius 2 is 2.03 bits per heavy atom. The largest absolute Gasteiger partial charge is 0.384 e. The zero-order valence-corrected chi connectivity index (χ0v) is 17.9. The lowest BCUT2D eigenvalue weighted by atomic mass is 9.83. The molecule has 0 radical (unpaired) electrons. The molecule has 2 aliphatic rings. The van der Waals surface area contributed by atoms with Crippen LogP contribution in [0.1, 0.15) is 24.5 Å². The van der Waals surface area contributed by atoms with Gasteiger partial charge >= 0.3 is 0 Å². The number of benzene rings is 1. The number of rotatable bonds is 6. The van der Waals surface area contributed by atoms with Crippen molar-refractivity contribution in [2.24, 2.45) is 5.92 Å². The fourth-order valence-corrected chi connectivity index (χ4v) is 5.50. The molecule has 31 heavy (non-hydrogen) atoms. The van der Waals surface area contributed by atoms with E-state index >= 15 is 0 Å². The smallest absolute Gasteiger partial charge is 0.275 e. The van der Waals surface area contributed by atoms with Crippen molar-refractivity contribution in [3.8, 4) is 0 Å². The Morgan fingerprint density at radius 3 is 2.77 bits per heavy atom. The number of nitrogens with zero attached hydrogens (tertiary/aromatic N) is 2. The first-order valence-electron chi connectivity index (χ1n) is 10.1. The van der Waals surface area contributed by atoms with Crippen LogP contribution < -0.4 is 10.3 Å². The Morgan fingerprint density at radius 1 is 1.23 bits per heavy atom. The van der Waals surface area contributed by atoms with E-state index in [2.05, 4.69) is 4.72 Å². The average Bonchev–Trinajstić information content (AvgIpc) is 2.74. The van der Waals surface area contributed by atoms with E-state index in [4.69, 9.17) is 4.74 Å². The fraction of sp³-hybridized carbons (Fsp3) is 0.429. The first-order valence-corrected chi connectivity index (χ1v) is 11.6. The number of likely N-dealkylation sites (tertiary alicyclic amines) is 1. The van der Waals surface area contributed by atoms with Crippen LogP contribution in [0.4, 0.5) is 10.1 Å². The zero-order valence-electron chi connectivity index (χ0n) is 17.1. The number of anilines is 1. The van der Waals surface area contributed by atoms with Crippen LogP contribution in [-0.4, -0.2) is 50.6 Å². The van der Waals surface area contributed by atoms with E-state index in [1.54, 1.807) is 17.7 Å². The van der Waals surface area contributed by atoms with E-state index in [0.29, 0.717) is 32.7 Å². The van der Waals surface area contributed by atoms with E-state index in [-0.39, 0.29) is 28.3 Å². The van der Waals surface area contributed by atoms with Crippen molar-refractivity contribution in [1.82, 2.24) is 9.47 Å². The standard InChI is InChI=1S/C21H24FN3O5S/c1-30-8-7-20(26)24-11-14-9-15(13-24)19-6-5-18(21(27)25(19)12-14)23-31(28,29)17-4-2-3-16(22)10-17/h2-6,10,14-15,23H,7-9,11-13H2,1H3/t14-,15+/m0/s1. The van der Waals surface area contributed by atoms with Gasteiger partial charge in [-0.2, -0.15) is 0 Å². The lowest BCUT2D eigenvalue weighted by Gasteiger charge is -2.43. The number of pyridine rings is 1. The summed E-state index contributed by atoms with van der Waals surface area (Å²) in [5, 5.41) is 0. The van der Waals surface area contributed by atoms with Crippen molar-refractivity contribution < 1.29 is 22.3 Å². The molecule has 1 amide bonds. The van der Waals surface area contributed by atoms with Gasteiger partial charge < -0.3 is 14.2 Å². The summed E-state index contributed by atoms with van der Waals surface area (Å²) in [6.07, 6.45) is 1.20. The van der Waals surface area contributed by atoms with Gasteiger partial charge in [0.2, 0.25) is 5.91 Å². The topological polar surface area (TPSA) is 97.7 Å². The summed E-state index contributed by atoms with van der Waals surface area (Å²) >= 11 is 0. The number of carbonyl (C=O) groups excluding carboxylic acids is 1. The summed E-state index contributed by atoms with van der Waals surface area (Å²) in [5.74, 6) is -0.514. The molecular formula is C21H24FN3O5S. The zero-order chi connectivity index (χ0) is 22.2. The molecule has 0 aliphatic carbocycles. The van der Waals surface area contributed by atoms with E-state index in [1.165, 1.54) is 18.2 Å². The lowest BCUT2D eigenvalue weighted by molar-refractivity contribution is -0.134. The van der Waals surface area contributed by atoms with Crippen LogP contribution in [0.25, 0.3) is 0 Å². The molecule has 1 aromatic carbocycles. The van der Waals surface area contributed by atoms with Crippen molar-refractivity contribution in [2.75, 3.05) is 31.5 Å².